The van der Waals surface area contributed by atoms with Crippen molar-refractivity contribution in [2.75, 3.05) is 37.2 Å². The van der Waals surface area contributed by atoms with Gasteiger partial charge >= 0.3 is 0 Å². The zero-order valence-electron chi connectivity index (χ0n) is 13.0. The van der Waals surface area contributed by atoms with Crippen LogP contribution in [0.1, 0.15) is 0 Å². The van der Waals surface area contributed by atoms with Gasteiger partial charge in [-0.25, -0.2) is 0 Å². The fourth-order valence-corrected chi connectivity index (χ4v) is 2.67. The first-order valence-corrected chi connectivity index (χ1v) is 7.92. The van der Waals surface area contributed by atoms with Gasteiger partial charge in [0.05, 0.1) is 24.2 Å². The van der Waals surface area contributed by atoms with Gasteiger partial charge in [-0.1, -0.05) is 12.1 Å². The molecule has 2 rings (SSSR count). The number of ether oxygens (including phenoxy) is 1. The van der Waals surface area contributed by atoms with Crippen molar-refractivity contribution in [3.8, 4) is 5.75 Å². The molecule has 0 heterocycles. The number of amides is 1. The molecule has 2 aromatic carbocycles. The topological polar surface area (TPSA) is 41.6 Å². The van der Waals surface area contributed by atoms with Gasteiger partial charge in [-0.15, -0.1) is 11.8 Å². The van der Waals surface area contributed by atoms with Gasteiger partial charge in [0.25, 0.3) is 0 Å². The van der Waals surface area contributed by atoms with Gasteiger partial charge in [-0.2, -0.15) is 0 Å². The highest BCUT2D eigenvalue weighted by Gasteiger charge is 2.08. The van der Waals surface area contributed by atoms with Crippen LogP contribution in [0.15, 0.2) is 53.4 Å². The molecule has 0 bridgehead atoms. The molecule has 0 aliphatic carbocycles. The van der Waals surface area contributed by atoms with Crippen molar-refractivity contribution in [1.82, 2.24) is 0 Å². The molecule has 0 aliphatic heterocycles. The highest BCUT2D eigenvalue weighted by atomic mass is 32.2. The van der Waals surface area contributed by atoms with Gasteiger partial charge in [-0.3, -0.25) is 4.79 Å². The summed E-state index contributed by atoms with van der Waals surface area (Å²) >= 11 is 1.50. The Hall–Kier alpha value is -2.14. The number of nitrogens with one attached hydrogen (secondary N) is 1. The number of hydrogen-bond acceptors (Lipinski definition) is 4. The SMILES string of the molecule is COc1ccc(SCC(=O)Nc2ccccc2N(C)C)cc1. The molecule has 5 heteroatoms. The number of carbonyl (C=O) groups is 1. The molecule has 0 fully saturated rings. The van der Waals surface area contributed by atoms with Crippen molar-refractivity contribution in [2.24, 2.45) is 0 Å². The van der Waals surface area contributed by atoms with Crippen LogP contribution in [0.3, 0.4) is 0 Å². The van der Waals surface area contributed by atoms with Gasteiger partial charge in [0, 0.05) is 19.0 Å². The molecule has 0 atom stereocenters. The number of benzene rings is 2. The third-order valence-corrected chi connectivity index (χ3v) is 4.10. The summed E-state index contributed by atoms with van der Waals surface area (Å²) in [5.41, 5.74) is 1.82. The fraction of sp³-hybridized carbons (Fsp3) is 0.235. The van der Waals surface area contributed by atoms with E-state index in [1.54, 1.807) is 7.11 Å². The van der Waals surface area contributed by atoms with Crippen LogP contribution in [0.25, 0.3) is 0 Å². The molecule has 0 spiro atoms. The van der Waals surface area contributed by atoms with Crippen molar-refractivity contribution < 1.29 is 9.53 Å². The number of rotatable bonds is 6. The van der Waals surface area contributed by atoms with Crippen molar-refractivity contribution >= 4 is 29.0 Å². The van der Waals surface area contributed by atoms with Crippen LogP contribution >= 0.6 is 11.8 Å². The lowest BCUT2D eigenvalue weighted by Gasteiger charge is -2.17. The molecule has 0 saturated heterocycles. The van der Waals surface area contributed by atoms with Crippen LogP contribution in [-0.2, 0) is 4.79 Å². The van der Waals surface area contributed by atoms with E-state index >= 15 is 0 Å². The van der Waals surface area contributed by atoms with Crippen LogP contribution in [0.2, 0.25) is 0 Å². The lowest BCUT2D eigenvalue weighted by atomic mass is 10.2. The lowest BCUT2D eigenvalue weighted by Crippen LogP contribution is -2.17. The number of nitrogens with zero attached hydrogens (tertiary/aromatic N) is 1. The summed E-state index contributed by atoms with van der Waals surface area (Å²) in [6.07, 6.45) is 0. The van der Waals surface area contributed by atoms with Crippen molar-refractivity contribution in [3.05, 3.63) is 48.5 Å². The average molecular weight is 316 g/mol. The highest BCUT2D eigenvalue weighted by molar-refractivity contribution is 8.00. The first-order chi connectivity index (χ1) is 10.6. The van der Waals surface area contributed by atoms with Gasteiger partial charge in [0.15, 0.2) is 0 Å². The minimum atomic E-state index is -0.0184. The molecule has 0 aliphatic rings. The van der Waals surface area contributed by atoms with Crippen LogP contribution in [-0.4, -0.2) is 32.9 Å². The predicted octanol–water partition coefficient (Wildman–Crippen LogP) is 3.49. The molecule has 0 aromatic heterocycles. The largest absolute Gasteiger partial charge is 0.497 e. The van der Waals surface area contributed by atoms with Crippen molar-refractivity contribution in [3.63, 3.8) is 0 Å². The highest BCUT2D eigenvalue weighted by Crippen LogP contribution is 2.25. The van der Waals surface area contributed by atoms with E-state index in [4.69, 9.17) is 4.74 Å². The number of para-hydroxylation sites is 2. The Bertz CT molecular complexity index is 627. The number of thioether (sulfide) groups is 1. The van der Waals surface area contributed by atoms with E-state index in [0.29, 0.717) is 5.75 Å². The molecular weight excluding hydrogens is 296 g/mol. The van der Waals surface area contributed by atoms with E-state index in [9.17, 15) is 4.79 Å². The molecule has 1 N–H and O–H groups in total. The summed E-state index contributed by atoms with van der Waals surface area (Å²) in [5, 5.41) is 2.96. The minimum absolute atomic E-state index is 0.0184. The lowest BCUT2D eigenvalue weighted by molar-refractivity contribution is -0.113. The zero-order chi connectivity index (χ0) is 15.9. The second-order valence-electron chi connectivity index (χ2n) is 4.92. The van der Waals surface area contributed by atoms with E-state index in [2.05, 4.69) is 5.32 Å². The van der Waals surface area contributed by atoms with E-state index in [1.807, 2.05) is 67.5 Å². The molecule has 4 nitrogen and oxygen atoms in total. The summed E-state index contributed by atoms with van der Waals surface area (Å²) in [6, 6.07) is 15.4. The Morgan fingerprint density at radius 1 is 1.14 bits per heavy atom. The zero-order valence-corrected chi connectivity index (χ0v) is 13.8. The van der Waals surface area contributed by atoms with Crippen LogP contribution < -0.4 is 15.0 Å². The third kappa shape index (κ3) is 4.43. The molecule has 22 heavy (non-hydrogen) atoms. The smallest absolute Gasteiger partial charge is 0.234 e. The maximum Gasteiger partial charge on any atom is 0.234 e. The van der Waals surface area contributed by atoms with Crippen molar-refractivity contribution in [2.45, 2.75) is 4.90 Å². The van der Waals surface area contributed by atoms with Crippen molar-refractivity contribution in [1.29, 1.82) is 0 Å². The predicted molar refractivity (Wildman–Crippen MR) is 93.1 cm³/mol. The molecule has 0 saturated carbocycles. The minimum Gasteiger partial charge on any atom is -0.497 e. The van der Waals surface area contributed by atoms with E-state index in [-0.39, 0.29) is 5.91 Å². The Kier molecular flexibility index (Phi) is 5.72. The number of methoxy groups -OCH3 is 1. The Labute approximate surface area is 135 Å². The van der Waals surface area contributed by atoms with Gasteiger partial charge in [0.2, 0.25) is 5.91 Å². The monoisotopic (exact) mass is 316 g/mol. The molecule has 2 aromatic rings. The third-order valence-electron chi connectivity index (χ3n) is 3.09. The Balaban J connectivity index is 1.93. The maximum absolute atomic E-state index is 12.1. The average Bonchev–Trinajstić information content (AvgIpc) is 2.53. The summed E-state index contributed by atoms with van der Waals surface area (Å²) in [7, 11) is 5.55. The van der Waals surface area contributed by atoms with Gasteiger partial charge < -0.3 is 15.0 Å². The van der Waals surface area contributed by atoms with E-state index in [0.717, 1.165) is 22.0 Å². The van der Waals surface area contributed by atoms with E-state index < -0.39 is 0 Å². The molecular formula is C17H20N2O2S. The summed E-state index contributed by atoms with van der Waals surface area (Å²) in [5.74, 6) is 1.16. The van der Waals surface area contributed by atoms with Gasteiger partial charge in [-0.05, 0) is 36.4 Å². The first kappa shape index (κ1) is 16.2. The second-order valence-corrected chi connectivity index (χ2v) is 5.97. The Morgan fingerprint density at radius 2 is 1.82 bits per heavy atom. The Morgan fingerprint density at radius 3 is 2.45 bits per heavy atom. The maximum atomic E-state index is 12.1. The second kappa shape index (κ2) is 7.75. The van der Waals surface area contributed by atoms with Gasteiger partial charge in [0.1, 0.15) is 5.75 Å². The number of carbonyl (C=O) groups excluding carboxylic acids is 1. The molecule has 1 amide bonds. The van der Waals surface area contributed by atoms with Crippen LogP contribution in [0.4, 0.5) is 11.4 Å². The standard InChI is InChI=1S/C17H20N2O2S/c1-19(2)16-7-5-4-6-15(16)18-17(20)12-22-14-10-8-13(21-3)9-11-14/h4-11H,12H2,1-3H3,(H,18,20). The van der Waals surface area contributed by atoms with Crippen LogP contribution in [0, 0.1) is 0 Å². The number of anilines is 2. The van der Waals surface area contributed by atoms with E-state index in [1.165, 1.54) is 11.8 Å². The number of hydrogen-bond donors (Lipinski definition) is 1. The first-order valence-electron chi connectivity index (χ1n) is 6.93. The fourth-order valence-electron chi connectivity index (χ4n) is 1.98. The molecule has 0 unspecified atom stereocenters. The molecule has 116 valence electrons. The summed E-state index contributed by atoms with van der Waals surface area (Å²) in [4.78, 5) is 15.1. The summed E-state index contributed by atoms with van der Waals surface area (Å²) < 4.78 is 5.12. The summed E-state index contributed by atoms with van der Waals surface area (Å²) in [6.45, 7) is 0. The normalized spacial score (nSPS) is 10.1. The quantitative estimate of drug-likeness (QED) is 0.828. The molecule has 0 radical (unpaired) electrons. The van der Waals surface area contributed by atoms with Crippen LogP contribution in [0.5, 0.6) is 5.75 Å².